The number of halogens is 1. The van der Waals surface area contributed by atoms with E-state index in [4.69, 9.17) is 6.42 Å². The van der Waals surface area contributed by atoms with Crippen LogP contribution in [0, 0.1) is 12.3 Å². The third-order valence-corrected chi connectivity index (χ3v) is 3.58. The molecule has 0 atom stereocenters. The number of carbonyl (C=O) groups is 1. The Bertz CT molecular complexity index is 370. The van der Waals surface area contributed by atoms with E-state index in [2.05, 4.69) is 32.5 Å². The van der Waals surface area contributed by atoms with Gasteiger partial charge in [-0.2, -0.15) is 0 Å². The van der Waals surface area contributed by atoms with Crippen LogP contribution in [-0.4, -0.2) is 19.0 Å². The van der Waals surface area contributed by atoms with Gasteiger partial charge in [0.15, 0.2) is 0 Å². The number of hydrogen-bond acceptors (Lipinski definition) is 3. The van der Waals surface area contributed by atoms with Crippen LogP contribution in [0.4, 0.5) is 0 Å². The van der Waals surface area contributed by atoms with E-state index in [0.29, 0.717) is 13.1 Å². The molecule has 1 rings (SSSR count). The number of terminal acetylenes is 1. The molecule has 0 saturated carbocycles. The Morgan fingerprint density at radius 2 is 2.47 bits per heavy atom. The first-order valence-corrected chi connectivity index (χ1v) is 6.04. The van der Waals surface area contributed by atoms with Crippen molar-refractivity contribution < 1.29 is 4.79 Å². The molecule has 0 saturated heterocycles. The predicted octanol–water partition coefficient (Wildman–Crippen LogP) is 1.35. The van der Waals surface area contributed by atoms with Crippen molar-refractivity contribution in [1.82, 2.24) is 10.6 Å². The highest BCUT2D eigenvalue weighted by Gasteiger charge is 2.03. The van der Waals surface area contributed by atoms with Gasteiger partial charge in [-0.25, -0.2) is 0 Å². The van der Waals surface area contributed by atoms with Gasteiger partial charge in [0.05, 0.1) is 19.6 Å². The Labute approximate surface area is 101 Å². The van der Waals surface area contributed by atoms with E-state index in [1.807, 2.05) is 11.4 Å². The van der Waals surface area contributed by atoms with Crippen LogP contribution >= 0.6 is 27.3 Å². The first-order valence-electron chi connectivity index (χ1n) is 4.36. The Hall–Kier alpha value is -0.830. The van der Waals surface area contributed by atoms with E-state index in [1.54, 1.807) is 11.3 Å². The molecule has 0 aliphatic heterocycles. The lowest BCUT2D eigenvalue weighted by atomic mass is 10.4. The summed E-state index contributed by atoms with van der Waals surface area (Å²) in [4.78, 5) is 12.4. The fourth-order valence-electron chi connectivity index (χ4n) is 0.941. The van der Waals surface area contributed by atoms with Gasteiger partial charge < -0.3 is 5.32 Å². The molecule has 0 aromatic carbocycles. The Morgan fingerprint density at radius 1 is 1.67 bits per heavy atom. The van der Waals surface area contributed by atoms with E-state index >= 15 is 0 Å². The van der Waals surface area contributed by atoms with Crippen molar-refractivity contribution in [2.45, 2.75) is 6.54 Å². The summed E-state index contributed by atoms with van der Waals surface area (Å²) in [6.07, 6.45) is 5.04. The topological polar surface area (TPSA) is 41.1 Å². The second-order valence-corrected chi connectivity index (χ2v) is 4.63. The predicted molar refractivity (Wildman–Crippen MR) is 65.6 cm³/mol. The molecule has 0 bridgehead atoms. The van der Waals surface area contributed by atoms with Gasteiger partial charge in [0.25, 0.3) is 0 Å². The molecular formula is C10H11BrN2OS. The molecule has 1 heterocycles. The van der Waals surface area contributed by atoms with Crippen molar-refractivity contribution in [3.63, 3.8) is 0 Å². The lowest BCUT2D eigenvalue weighted by Gasteiger charge is -2.03. The highest BCUT2D eigenvalue weighted by atomic mass is 79.9. The summed E-state index contributed by atoms with van der Waals surface area (Å²) < 4.78 is 1.03. The lowest BCUT2D eigenvalue weighted by Crippen LogP contribution is -2.33. The van der Waals surface area contributed by atoms with Crippen molar-refractivity contribution >= 4 is 33.2 Å². The number of amides is 1. The number of hydrogen-bond donors (Lipinski definition) is 2. The number of nitrogens with one attached hydrogen (secondary N) is 2. The summed E-state index contributed by atoms with van der Waals surface area (Å²) in [6.45, 7) is 1.22. The first kappa shape index (κ1) is 12.2. The van der Waals surface area contributed by atoms with Crippen LogP contribution in [0.1, 0.15) is 4.88 Å². The van der Waals surface area contributed by atoms with Crippen LogP contribution in [0.25, 0.3) is 0 Å². The minimum Gasteiger partial charge on any atom is -0.350 e. The second-order valence-electron chi connectivity index (χ2n) is 2.78. The van der Waals surface area contributed by atoms with E-state index in [0.717, 1.165) is 9.35 Å². The zero-order chi connectivity index (χ0) is 11.1. The van der Waals surface area contributed by atoms with Crippen molar-refractivity contribution in [2.24, 2.45) is 0 Å². The van der Waals surface area contributed by atoms with Gasteiger partial charge in [-0.3, -0.25) is 10.1 Å². The van der Waals surface area contributed by atoms with Crippen molar-refractivity contribution in [3.05, 3.63) is 20.8 Å². The fraction of sp³-hybridized carbons (Fsp3) is 0.300. The lowest BCUT2D eigenvalue weighted by molar-refractivity contribution is -0.120. The van der Waals surface area contributed by atoms with Crippen LogP contribution in [0.15, 0.2) is 15.9 Å². The normalized spacial score (nSPS) is 9.60. The van der Waals surface area contributed by atoms with E-state index < -0.39 is 0 Å². The Morgan fingerprint density at radius 3 is 3.07 bits per heavy atom. The highest BCUT2D eigenvalue weighted by Crippen LogP contribution is 2.21. The molecule has 15 heavy (non-hydrogen) atoms. The van der Waals surface area contributed by atoms with Crippen molar-refractivity contribution in [2.75, 3.05) is 13.1 Å². The van der Waals surface area contributed by atoms with E-state index in [-0.39, 0.29) is 12.5 Å². The minimum absolute atomic E-state index is 0.0504. The molecule has 1 aromatic heterocycles. The van der Waals surface area contributed by atoms with Gasteiger partial charge >= 0.3 is 0 Å². The van der Waals surface area contributed by atoms with Crippen LogP contribution in [0.3, 0.4) is 0 Å². The monoisotopic (exact) mass is 286 g/mol. The van der Waals surface area contributed by atoms with Gasteiger partial charge in [-0.1, -0.05) is 5.92 Å². The molecule has 2 N–H and O–H groups in total. The molecule has 0 aliphatic rings. The largest absolute Gasteiger partial charge is 0.350 e. The molecule has 0 fully saturated rings. The molecule has 5 heteroatoms. The summed E-state index contributed by atoms with van der Waals surface area (Å²) in [7, 11) is 0. The molecule has 0 unspecified atom stereocenters. The number of carbonyl (C=O) groups excluding carboxylic acids is 1. The maximum absolute atomic E-state index is 11.3. The van der Waals surface area contributed by atoms with E-state index in [1.165, 1.54) is 0 Å². The zero-order valence-corrected chi connectivity index (χ0v) is 10.5. The fourth-order valence-corrected chi connectivity index (χ4v) is 2.37. The molecule has 0 spiro atoms. The quantitative estimate of drug-likeness (QED) is 0.634. The second kappa shape index (κ2) is 6.62. The molecule has 1 amide bonds. The standard InChI is InChI=1S/C10H11BrN2OS/c1-2-4-12-7-10(14)13-6-9-8(11)3-5-15-9/h1,3,5,12H,4,6-7H2,(H,13,14). The molecule has 3 nitrogen and oxygen atoms in total. The summed E-state index contributed by atoms with van der Waals surface area (Å²) in [5.41, 5.74) is 0. The van der Waals surface area contributed by atoms with Crippen LogP contribution < -0.4 is 10.6 Å². The summed E-state index contributed by atoms with van der Waals surface area (Å²) in [6, 6.07) is 1.96. The SMILES string of the molecule is C#CCNCC(=O)NCc1sccc1Br. The molecule has 80 valence electrons. The third-order valence-electron chi connectivity index (χ3n) is 1.65. The van der Waals surface area contributed by atoms with Crippen LogP contribution in [0.2, 0.25) is 0 Å². The van der Waals surface area contributed by atoms with Gasteiger partial charge in [-0.15, -0.1) is 17.8 Å². The minimum atomic E-state index is -0.0504. The molecule has 0 aliphatic carbocycles. The first-order chi connectivity index (χ1) is 7.24. The highest BCUT2D eigenvalue weighted by molar-refractivity contribution is 9.10. The van der Waals surface area contributed by atoms with Crippen LogP contribution in [0.5, 0.6) is 0 Å². The number of rotatable bonds is 5. The van der Waals surface area contributed by atoms with Crippen LogP contribution in [-0.2, 0) is 11.3 Å². The summed E-state index contributed by atoms with van der Waals surface area (Å²) in [5.74, 6) is 2.35. The smallest absolute Gasteiger partial charge is 0.234 e. The van der Waals surface area contributed by atoms with Gasteiger partial charge in [0, 0.05) is 9.35 Å². The number of thiophene rings is 1. The Kier molecular flexibility index (Phi) is 5.40. The molecular weight excluding hydrogens is 276 g/mol. The molecule has 1 aromatic rings. The average molecular weight is 287 g/mol. The summed E-state index contributed by atoms with van der Waals surface area (Å²) in [5, 5.41) is 7.59. The van der Waals surface area contributed by atoms with Crippen molar-refractivity contribution in [1.29, 1.82) is 0 Å². The zero-order valence-electron chi connectivity index (χ0n) is 8.05. The maximum Gasteiger partial charge on any atom is 0.234 e. The van der Waals surface area contributed by atoms with Gasteiger partial charge in [0.1, 0.15) is 0 Å². The Balaban J connectivity index is 2.23. The molecule has 0 radical (unpaired) electrons. The van der Waals surface area contributed by atoms with Gasteiger partial charge in [0.2, 0.25) is 5.91 Å². The van der Waals surface area contributed by atoms with Crippen molar-refractivity contribution in [3.8, 4) is 12.3 Å². The third kappa shape index (κ3) is 4.47. The van der Waals surface area contributed by atoms with E-state index in [9.17, 15) is 4.79 Å². The summed E-state index contributed by atoms with van der Waals surface area (Å²) >= 11 is 5.00. The maximum atomic E-state index is 11.3. The van der Waals surface area contributed by atoms with Gasteiger partial charge in [-0.05, 0) is 27.4 Å². The average Bonchev–Trinajstić information content (AvgIpc) is 2.61.